The monoisotopic (exact) mass is 407 g/mol. The zero-order valence-electron chi connectivity index (χ0n) is 15.8. The summed E-state index contributed by atoms with van der Waals surface area (Å²) < 4.78 is 5.35. The van der Waals surface area contributed by atoms with Gasteiger partial charge in [0.25, 0.3) is 5.91 Å². The molecule has 1 aliphatic carbocycles. The van der Waals surface area contributed by atoms with Crippen molar-refractivity contribution in [2.45, 2.75) is 19.3 Å². The van der Waals surface area contributed by atoms with Crippen LogP contribution in [0.4, 0.5) is 5.13 Å². The number of anilines is 1. The van der Waals surface area contributed by atoms with E-state index in [9.17, 15) is 9.59 Å². The molecule has 3 aromatic rings. The Bertz CT molecular complexity index is 1020. The quantitative estimate of drug-likeness (QED) is 0.629. The molecular formula is C22H21N3O3S. The lowest BCUT2D eigenvalue weighted by Gasteiger charge is -2.07. The first-order chi connectivity index (χ1) is 14.2. The molecule has 1 aliphatic rings. The van der Waals surface area contributed by atoms with Crippen LogP contribution in [0.5, 0.6) is 5.75 Å². The van der Waals surface area contributed by atoms with E-state index in [1.54, 1.807) is 12.1 Å². The molecule has 1 heterocycles. The van der Waals surface area contributed by atoms with Gasteiger partial charge in [-0.3, -0.25) is 9.59 Å². The Morgan fingerprint density at radius 2 is 1.86 bits per heavy atom. The Balaban J connectivity index is 1.25. The molecule has 29 heavy (non-hydrogen) atoms. The molecule has 0 fully saturated rings. The fourth-order valence-corrected chi connectivity index (χ4v) is 3.99. The minimum Gasteiger partial charge on any atom is -0.484 e. The summed E-state index contributed by atoms with van der Waals surface area (Å²) in [4.78, 5) is 28.4. The lowest BCUT2D eigenvalue weighted by molar-refractivity contribution is -0.125. The molecular weight excluding hydrogens is 386 g/mol. The van der Waals surface area contributed by atoms with E-state index in [0.29, 0.717) is 10.9 Å². The number of thiazole rings is 1. The molecule has 0 aliphatic heterocycles. The summed E-state index contributed by atoms with van der Waals surface area (Å²) in [6, 6.07) is 15.5. The number of carbonyl (C=O) groups excluding carboxylic acids is 2. The number of nitrogens with zero attached hydrogens (tertiary/aromatic N) is 1. The third-order valence-corrected chi connectivity index (χ3v) is 5.46. The Morgan fingerprint density at radius 3 is 2.72 bits per heavy atom. The van der Waals surface area contributed by atoms with Gasteiger partial charge in [0.15, 0.2) is 11.7 Å². The molecule has 2 amide bonds. The number of fused-ring (bicyclic) bond motifs is 1. The Labute approximate surface area is 172 Å². The summed E-state index contributed by atoms with van der Waals surface area (Å²) in [6.07, 6.45) is 3.47. The van der Waals surface area contributed by atoms with Crippen LogP contribution in [0.1, 0.15) is 17.5 Å². The van der Waals surface area contributed by atoms with Gasteiger partial charge in [0, 0.05) is 10.9 Å². The molecule has 0 bridgehead atoms. The van der Waals surface area contributed by atoms with E-state index in [2.05, 4.69) is 33.8 Å². The highest BCUT2D eigenvalue weighted by Gasteiger charge is 2.14. The average molecular weight is 407 g/mol. The number of hydrogen-bond donors (Lipinski definition) is 2. The molecule has 4 rings (SSSR count). The molecule has 2 aromatic carbocycles. The van der Waals surface area contributed by atoms with Gasteiger partial charge in [-0.15, -0.1) is 11.3 Å². The number of benzene rings is 2. The highest BCUT2D eigenvalue weighted by Crippen LogP contribution is 2.30. The van der Waals surface area contributed by atoms with Crippen molar-refractivity contribution in [1.82, 2.24) is 10.3 Å². The number of ether oxygens (including phenoxy) is 1. The van der Waals surface area contributed by atoms with E-state index in [1.807, 2.05) is 23.6 Å². The van der Waals surface area contributed by atoms with Crippen molar-refractivity contribution in [3.05, 3.63) is 65.0 Å². The van der Waals surface area contributed by atoms with Gasteiger partial charge in [-0.25, -0.2) is 4.98 Å². The number of aryl methyl sites for hydroxylation is 2. The van der Waals surface area contributed by atoms with Crippen LogP contribution in [0.15, 0.2) is 53.9 Å². The SMILES string of the molecule is O=C(COc1ccccc1)NCC(=O)Nc1nc(-c2ccc3c(c2)CCC3)cs1. The number of carbonyl (C=O) groups is 2. The zero-order chi connectivity index (χ0) is 20.1. The second-order valence-electron chi connectivity index (χ2n) is 6.80. The van der Waals surface area contributed by atoms with Gasteiger partial charge in [-0.2, -0.15) is 0 Å². The van der Waals surface area contributed by atoms with Crippen LogP contribution < -0.4 is 15.4 Å². The highest BCUT2D eigenvalue weighted by molar-refractivity contribution is 7.14. The van der Waals surface area contributed by atoms with Crippen molar-refractivity contribution in [2.75, 3.05) is 18.5 Å². The number of aromatic nitrogens is 1. The standard InChI is InChI=1S/C22H21N3O3S/c26-20(12-23-21(27)13-28-18-7-2-1-3-8-18)25-22-24-19(14-29-22)17-10-9-15-5-4-6-16(15)11-17/h1-3,7-11,14H,4-6,12-13H2,(H,23,27)(H,24,25,26). The highest BCUT2D eigenvalue weighted by atomic mass is 32.1. The molecule has 0 saturated carbocycles. The van der Waals surface area contributed by atoms with Gasteiger partial charge in [-0.05, 0) is 48.6 Å². The summed E-state index contributed by atoms with van der Waals surface area (Å²) in [5, 5.41) is 7.71. The number of amides is 2. The maximum absolute atomic E-state index is 12.1. The number of rotatable bonds is 7. The van der Waals surface area contributed by atoms with Crippen LogP contribution in [-0.4, -0.2) is 29.9 Å². The minimum atomic E-state index is -0.359. The molecule has 2 N–H and O–H groups in total. The summed E-state index contributed by atoms with van der Waals surface area (Å²) in [7, 11) is 0. The summed E-state index contributed by atoms with van der Waals surface area (Å²) in [5.74, 6) is -0.0798. The third kappa shape index (κ3) is 5.00. The van der Waals surface area contributed by atoms with E-state index in [1.165, 1.54) is 28.9 Å². The topological polar surface area (TPSA) is 80.3 Å². The van der Waals surface area contributed by atoms with Gasteiger partial charge in [-0.1, -0.05) is 30.3 Å². The van der Waals surface area contributed by atoms with Gasteiger partial charge >= 0.3 is 0 Å². The number of nitrogens with one attached hydrogen (secondary N) is 2. The van der Waals surface area contributed by atoms with Crippen molar-refractivity contribution in [1.29, 1.82) is 0 Å². The van der Waals surface area contributed by atoms with Gasteiger partial charge in [0.05, 0.1) is 12.2 Å². The normalized spacial score (nSPS) is 12.3. The summed E-state index contributed by atoms with van der Waals surface area (Å²) in [5.41, 5.74) is 4.72. The molecule has 0 unspecified atom stereocenters. The predicted molar refractivity (Wildman–Crippen MR) is 113 cm³/mol. The first-order valence-electron chi connectivity index (χ1n) is 9.49. The van der Waals surface area contributed by atoms with E-state index in [4.69, 9.17) is 4.74 Å². The zero-order valence-corrected chi connectivity index (χ0v) is 16.6. The molecule has 148 valence electrons. The number of hydrogen-bond acceptors (Lipinski definition) is 5. The molecule has 0 saturated heterocycles. The fourth-order valence-electron chi connectivity index (χ4n) is 3.25. The van der Waals surface area contributed by atoms with E-state index in [0.717, 1.165) is 24.1 Å². The average Bonchev–Trinajstić information content (AvgIpc) is 3.40. The van der Waals surface area contributed by atoms with E-state index in [-0.39, 0.29) is 25.0 Å². The second-order valence-corrected chi connectivity index (χ2v) is 7.66. The van der Waals surface area contributed by atoms with Gasteiger partial charge < -0.3 is 15.4 Å². The third-order valence-electron chi connectivity index (χ3n) is 4.70. The largest absolute Gasteiger partial charge is 0.484 e. The molecule has 6 nitrogen and oxygen atoms in total. The maximum atomic E-state index is 12.1. The Kier molecular flexibility index (Phi) is 5.86. The Hall–Kier alpha value is -3.19. The van der Waals surface area contributed by atoms with Crippen molar-refractivity contribution in [2.24, 2.45) is 0 Å². The Morgan fingerprint density at radius 1 is 1.03 bits per heavy atom. The molecule has 0 radical (unpaired) electrons. The van der Waals surface area contributed by atoms with Crippen molar-refractivity contribution >= 4 is 28.3 Å². The van der Waals surface area contributed by atoms with E-state index < -0.39 is 0 Å². The van der Waals surface area contributed by atoms with Crippen LogP contribution >= 0.6 is 11.3 Å². The molecule has 0 atom stereocenters. The van der Waals surface area contributed by atoms with Crippen LogP contribution in [-0.2, 0) is 22.4 Å². The predicted octanol–water partition coefficient (Wildman–Crippen LogP) is 3.43. The van der Waals surface area contributed by atoms with Gasteiger partial charge in [0.2, 0.25) is 5.91 Å². The molecule has 0 spiro atoms. The first-order valence-corrected chi connectivity index (χ1v) is 10.4. The van der Waals surface area contributed by atoms with Crippen molar-refractivity contribution in [3.63, 3.8) is 0 Å². The van der Waals surface area contributed by atoms with Gasteiger partial charge in [0.1, 0.15) is 5.75 Å². The first kappa shape index (κ1) is 19.1. The lowest BCUT2D eigenvalue weighted by Crippen LogP contribution is -2.35. The lowest BCUT2D eigenvalue weighted by atomic mass is 10.1. The maximum Gasteiger partial charge on any atom is 0.258 e. The molecule has 1 aromatic heterocycles. The minimum absolute atomic E-state index is 0.134. The van der Waals surface area contributed by atoms with Crippen LogP contribution in [0.2, 0.25) is 0 Å². The smallest absolute Gasteiger partial charge is 0.258 e. The fraction of sp³-hybridized carbons (Fsp3) is 0.227. The number of para-hydroxylation sites is 1. The van der Waals surface area contributed by atoms with Crippen LogP contribution in [0.3, 0.4) is 0 Å². The summed E-state index contributed by atoms with van der Waals surface area (Å²) >= 11 is 1.37. The van der Waals surface area contributed by atoms with Crippen molar-refractivity contribution < 1.29 is 14.3 Å². The summed E-state index contributed by atoms with van der Waals surface area (Å²) in [6.45, 7) is -0.276. The second kappa shape index (κ2) is 8.87. The van der Waals surface area contributed by atoms with Crippen LogP contribution in [0.25, 0.3) is 11.3 Å². The van der Waals surface area contributed by atoms with E-state index >= 15 is 0 Å². The van der Waals surface area contributed by atoms with Crippen molar-refractivity contribution in [3.8, 4) is 17.0 Å². The van der Waals surface area contributed by atoms with Crippen LogP contribution in [0, 0.1) is 0 Å². The molecule has 7 heteroatoms.